The molecule has 0 radical (unpaired) electrons. The van der Waals surface area contributed by atoms with Gasteiger partial charge in [0.15, 0.2) is 0 Å². The quantitative estimate of drug-likeness (QED) is 0.300. The van der Waals surface area contributed by atoms with Crippen LogP contribution in [0.25, 0.3) is 0 Å². The molecular formula is C32H37FO. The van der Waals surface area contributed by atoms with Gasteiger partial charge in [0, 0.05) is 5.56 Å². The van der Waals surface area contributed by atoms with Crippen molar-refractivity contribution >= 4 is 0 Å². The minimum absolute atomic E-state index is 0.202. The molecule has 0 aromatic heterocycles. The Balaban J connectivity index is 1.35. The fraction of sp³-hybridized carbons (Fsp3) is 0.438. The molecule has 2 aliphatic carbocycles. The predicted molar refractivity (Wildman–Crippen MR) is 139 cm³/mol. The molecule has 4 unspecified atom stereocenters. The maximum atomic E-state index is 14.9. The molecule has 0 N–H and O–H groups in total. The maximum Gasteiger partial charge on any atom is 0.139 e. The molecule has 2 aromatic rings. The van der Waals surface area contributed by atoms with Crippen LogP contribution >= 0.6 is 0 Å². The second kappa shape index (κ2) is 12.1. The number of hydrogen-bond acceptors (Lipinski definition) is 1. The molecule has 0 bridgehead atoms. The number of halogens is 1. The summed E-state index contributed by atoms with van der Waals surface area (Å²) in [6.45, 7) is 6.40. The fourth-order valence-corrected chi connectivity index (χ4v) is 5.81. The van der Waals surface area contributed by atoms with Crippen molar-refractivity contribution in [2.75, 3.05) is 6.61 Å². The number of benzene rings is 2. The van der Waals surface area contributed by atoms with Gasteiger partial charge >= 0.3 is 0 Å². The number of rotatable bonds is 7. The molecule has 0 spiro atoms. The molecule has 2 fully saturated rings. The van der Waals surface area contributed by atoms with Crippen LogP contribution in [-0.4, -0.2) is 6.61 Å². The van der Waals surface area contributed by atoms with Crippen LogP contribution < -0.4 is 4.74 Å². The van der Waals surface area contributed by atoms with E-state index < -0.39 is 0 Å². The maximum absolute atomic E-state index is 14.9. The van der Waals surface area contributed by atoms with E-state index in [1.54, 1.807) is 6.07 Å². The average molecular weight is 457 g/mol. The molecule has 2 aliphatic rings. The Bertz CT molecular complexity index is 1040. The zero-order valence-corrected chi connectivity index (χ0v) is 20.4. The Labute approximate surface area is 205 Å². The molecule has 0 amide bonds. The molecule has 4 rings (SSSR count). The van der Waals surface area contributed by atoms with Crippen LogP contribution in [0.15, 0.2) is 67.3 Å². The molecule has 2 heteroatoms. The van der Waals surface area contributed by atoms with Gasteiger partial charge in [-0.3, -0.25) is 0 Å². The molecule has 2 saturated carbocycles. The monoisotopic (exact) mass is 456 g/mol. The topological polar surface area (TPSA) is 9.23 Å². The van der Waals surface area contributed by atoms with Gasteiger partial charge < -0.3 is 4.74 Å². The lowest BCUT2D eigenvalue weighted by molar-refractivity contribution is 0.115. The van der Waals surface area contributed by atoms with E-state index in [0.717, 1.165) is 41.1 Å². The summed E-state index contributed by atoms with van der Waals surface area (Å²) in [6, 6.07) is 13.3. The van der Waals surface area contributed by atoms with Gasteiger partial charge in [-0.05, 0) is 118 Å². The number of hydrogen-bond donors (Lipinski definition) is 0. The van der Waals surface area contributed by atoms with E-state index in [1.807, 2.05) is 49.4 Å². The SMILES string of the molecule is C=CCCC1CCC2CC(c3ccc(C#Cc4ccc(OC/C=C/C)cc4)c(F)c3)CCC2C1. The first-order chi connectivity index (χ1) is 16.7. The van der Waals surface area contributed by atoms with Crippen molar-refractivity contribution in [2.24, 2.45) is 17.8 Å². The summed E-state index contributed by atoms with van der Waals surface area (Å²) < 4.78 is 20.5. The summed E-state index contributed by atoms with van der Waals surface area (Å²) in [6.07, 6.45) is 16.2. The minimum Gasteiger partial charge on any atom is -0.490 e. The molecule has 4 atom stereocenters. The molecule has 0 saturated heterocycles. The first-order valence-electron chi connectivity index (χ1n) is 12.9. The highest BCUT2D eigenvalue weighted by Gasteiger charge is 2.35. The summed E-state index contributed by atoms with van der Waals surface area (Å²) in [5.74, 6) is 9.75. The second-order valence-electron chi connectivity index (χ2n) is 9.97. The summed E-state index contributed by atoms with van der Waals surface area (Å²) in [4.78, 5) is 0. The van der Waals surface area contributed by atoms with Crippen molar-refractivity contribution in [3.8, 4) is 17.6 Å². The van der Waals surface area contributed by atoms with Crippen LogP contribution in [-0.2, 0) is 0 Å². The lowest BCUT2D eigenvalue weighted by Gasteiger charge is -2.42. The Kier molecular flexibility index (Phi) is 8.64. The molecule has 1 nitrogen and oxygen atoms in total. The third-order valence-corrected chi connectivity index (χ3v) is 7.74. The summed E-state index contributed by atoms with van der Waals surface area (Å²) in [7, 11) is 0. The van der Waals surface area contributed by atoms with Gasteiger partial charge in [0.05, 0.1) is 5.56 Å². The van der Waals surface area contributed by atoms with Gasteiger partial charge in [0.2, 0.25) is 0 Å². The highest BCUT2D eigenvalue weighted by molar-refractivity contribution is 5.45. The minimum atomic E-state index is -0.202. The van der Waals surface area contributed by atoms with Crippen LogP contribution in [0.2, 0.25) is 0 Å². The van der Waals surface area contributed by atoms with Gasteiger partial charge in [-0.2, -0.15) is 0 Å². The van der Waals surface area contributed by atoms with Crippen LogP contribution in [0.3, 0.4) is 0 Å². The van der Waals surface area contributed by atoms with Crippen LogP contribution in [0.5, 0.6) is 5.75 Å². The fourth-order valence-electron chi connectivity index (χ4n) is 5.81. The van der Waals surface area contributed by atoms with Gasteiger partial charge in [0.25, 0.3) is 0 Å². The highest BCUT2D eigenvalue weighted by Crippen LogP contribution is 2.48. The van der Waals surface area contributed by atoms with Crippen molar-refractivity contribution in [1.82, 2.24) is 0 Å². The number of allylic oxidation sites excluding steroid dienone is 2. The predicted octanol–water partition coefficient (Wildman–Crippen LogP) is 8.45. The first-order valence-corrected chi connectivity index (χ1v) is 12.9. The highest BCUT2D eigenvalue weighted by atomic mass is 19.1. The normalized spacial score (nSPS) is 24.2. The van der Waals surface area contributed by atoms with E-state index in [9.17, 15) is 4.39 Å². The molecule has 2 aromatic carbocycles. The second-order valence-corrected chi connectivity index (χ2v) is 9.97. The van der Waals surface area contributed by atoms with Crippen molar-refractivity contribution in [2.45, 2.75) is 64.2 Å². The van der Waals surface area contributed by atoms with Crippen molar-refractivity contribution in [1.29, 1.82) is 0 Å². The Morgan fingerprint density at radius 2 is 1.79 bits per heavy atom. The van der Waals surface area contributed by atoms with Crippen molar-refractivity contribution in [3.05, 3.63) is 89.8 Å². The largest absolute Gasteiger partial charge is 0.490 e. The van der Waals surface area contributed by atoms with Gasteiger partial charge in [-0.25, -0.2) is 4.39 Å². The van der Waals surface area contributed by atoms with E-state index in [-0.39, 0.29) is 5.82 Å². The summed E-state index contributed by atoms with van der Waals surface area (Å²) >= 11 is 0. The first kappa shape index (κ1) is 24.3. The van der Waals surface area contributed by atoms with Gasteiger partial charge in [-0.15, -0.1) is 6.58 Å². The van der Waals surface area contributed by atoms with E-state index >= 15 is 0 Å². The summed E-state index contributed by atoms with van der Waals surface area (Å²) in [5.41, 5.74) is 2.47. The van der Waals surface area contributed by atoms with Crippen molar-refractivity contribution in [3.63, 3.8) is 0 Å². The van der Waals surface area contributed by atoms with E-state index in [1.165, 1.54) is 44.9 Å². The van der Waals surface area contributed by atoms with E-state index in [4.69, 9.17) is 4.74 Å². The lowest BCUT2D eigenvalue weighted by atomic mass is 9.63. The molecule has 34 heavy (non-hydrogen) atoms. The third kappa shape index (κ3) is 6.41. The standard InChI is InChI=1S/C32H37FO/c1-3-5-7-25-9-13-28-22-29(17-16-27(28)21-25)30-15-14-26(32(33)23-30)12-8-24-10-18-31(19-11-24)34-20-6-4-2/h3-4,6,10-11,14-15,18-19,23,25,27-29H,1,5,7,9,13,16-17,20-22H2,2H3/b6-4+. The van der Waals surface area contributed by atoms with Crippen LogP contribution in [0, 0.1) is 35.4 Å². The summed E-state index contributed by atoms with van der Waals surface area (Å²) in [5, 5.41) is 0. The van der Waals surface area contributed by atoms with Crippen molar-refractivity contribution < 1.29 is 9.13 Å². The number of fused-ring (bicyclic) bond motifs is 1. The third-order valence-electron chi connectivity index (χ3n) is 7.74. The average Bonchev–Trinajstić information content (AvgIpc) is 2.87. The Hall–Kier alpha value is -2.79. The molecule has 0 heterocycles. The zero-order chi connectivity index (χ0) is 23.8. The molecule has 178 valence electrons. The van der Waals surface area contributed by atoms with Crippen LogP contribution in [0.4, 0.5) is 4.39 Å². The van der Waals surface area contributed by atoms with E-state index in [2.05, 4.69) is 30.6 Å². The number of ether oxygens (including phenoxy) is 1. The molecular weight excluding hydrogens is 419 g/mol. The van der Waals surface area contributed by atoms with Gasteiger partial charge in [-0.1, -0.05) is 42.6 Å². The molecule has 0 aliphatic heterocycles. The van der Waals surface area contributed by atoms with Crippen LogP contribution in [0.1, 0.15) is 80.9 Å². The zero-order valence-electron chi connectivity index (χ0n) is 20.4. The Morgan fingerprint density at radius 1 is 1.00 bits per heavy atom. The lowest BCUT2D eigenvalue weighted by Crippen LogP contribution is -2.30. The Morgan fingerprint density at radius 3 is 2.56 bits per heavy atom. The van der Waals surface area contributed by atoms with E-state index in [0.29, 0.717) is 18.1 Å². The smallest absolute Gasteiger partial charge is 0.139 e. The van der Waals surface area contributed by atoms with Gasteiger partial charge in [0.1, 0.15) is 18.2 Å².